The van der Waals surface area contributed by atoms with Crippen LogP contribution in [0.3, 0.4) is 0 Å². The molecule has 0 radical (unpaired) electrons. The second kappa shape index (κ2) is 5.97. The number of rotatable bonds is 6. The van der Waals surface area contributed by atoms with Crippen molar-refractivity contribution in [1.29, 1.82) is 0 Å². The van der Waals surface area contributed by atoms with Gasteiger partial charge in [0, 0.05) is 23.7 Å². The monoisotopic (exact) mass is 284 g/mol. The van der Waals surface area contributed by atoms with Gasteiger partial charge in [0.05, 0.1) is 6.42 Å². The standard InChI is InChI=1S/C13H20N2OS2/c1-3-6-15(8-10-4-5-10)12(16)7-11-9(2)14-13(17)18-11/h10H,3-8H2,1-2H3,(H,14,17). The summed E-state index contributed by atoms with van der Waals surface area (Å²) < 4.78 is 0.763. The number of carbonyl (C=O) groups is 1. The molecule has 0 atom stereocenters. The van der Waals surface area contributed by atoms with Gasteiger partial charge < -0.3 is 9.88 Å². The lowest BCUT2D eigenvalue weighted by atomic mass is 10.2. The summed E-state index contributed by atoms with van der Waals surface area (Å²) in [6, 6.07) is 0. The fraction of sp³-hybridized carbons (Fsp3) is 0.692. The van der Waals surface area contributed by atoms with Crippen molar-refractivity contribution in [2.24, 2.45) is 5.92 Å². The summed E-state index contributed by atoms with van der Waals surface area (Å²) in [5.41, 5.74) is 1.04. The molecule has 1 aromatic heterocycles. The van der Waals surface area contributed by atoms with E-state index in [1.54, 1.807) is 0 Å². The Kier molecular flexibility index (Phi) is 4.56. The minimum atomic E-state index is 0.247. The Hall–Kier alpha value is -0.680. The summed E-state index contributed by atoms with van der Waals surface area (Å²) in [5, 5.41) is 0. The predicted octanol–water partition coefficient (Wildman–Crippen LogP) is 3.31. The average Bonchev–Trinajstić information content (AvgIpc) is 3.05. The van der Waals surface area contributed by atoms with Gasteiger partial charge in [-0.2, -0.15) is 0 Å². The van der Waals surface area contributed by atoms with Crippen LogP contribution >= 0.6 is 23.6 Å². The van der Waals surface area contributed by atoms with Gasteiger partial charge in [0.1, 0.15) is 0 Å². The molecule has 2 rings (SSSR count). The first-order chi connectivity index (χ1) is 8.60. The molecule has 1 aliphatic rings. The molecule has 1 aliphatic carbocycles. The molecule has 0 unspecified atom stereocenters. The summed E-state index contributed by atoms with van der Waals surface area (Å²) in [6.07, 6.45) is 4.10. The lowest BCUT2D eigenvalue weighted by Crippen LogP contribution is -2.34. The third-order valence-electron chi connectivity index (χ3n) is 3.26. The summed E-state index contributed by atoms with van der Waals surface area (Å²) in [4.78, 5) is 18.5. The zero-order valence-electron chi connectivity index (χ0n) is 11.0. The van der Waals surface area contributed by atoms with E-state index in [9.17, 15) is 4.79 Å². The Labute approximate surface area is 117 Å². The van der Waals surface area contributed by atoms with Crippen LogP contribution in [0.2, 0.25) is 0 Å². The lowest BCUT2D eigenvalue weighted by molar-refractivity contribution is -0.130. The number of hydrogen-bond donors (Lipinski definition) is 1. The smallest absolute Gasteiger partial charge is 0.227 e. The van der Waals surface area contributed by atoms with Gasteiger partial charge in [-0.05, 0) is 44.3 Å². The number of hydrogen-bond acceptors (Lipinski definition) is 3. The minimum Gasteiger partial charge on any atom is -0.342 e. The molecule has 3 nitrogen and oxygen atoms in total. The van der Waals surface area contributed by atoms with E-state index >= 15 is 0 Å². The number of nitrogens with one attached hydrogen (secondary N) is 1. The Balaban J connectivity index is 1.99. The summed E-state index contributed by atoms with van der Waals surface area (Å²) in [5.74, 6) is 1.00. The molecule has 1 saturated carbocycles. The Bertz CT molecular complexity index is 474. The maximum absolute atomic E-state index is 12.3. The number of aromatic nitrogens is 1. The number of H-pyrrole nitrogens is 1. The van der Waals surface area contributed by atoms with Crippen LogP contribution in [0, 0.1) is 16.8 Å². The van der Waals surface area contributed by atoms with Crippen LogP contribution in [0.5, 0.6) is 0 Å². The molecule has 1 fully saturated rings. The number of nitrogens with zero attached hydrogens (tertiary/aromatic N) is 1. The van der Waals surface area contributed by atoms with Gasteiger partial charge in [0.15, 0.2) is 3.95 Å². The highest BCUT2D eigenvalue weighted by molar-refractivity contribution is 7.73. The minimum absolute atomic E-state index is 0.247. The predicted molar refractivity (Wildman–Crippen MR) is 77.5 cm³/mol. The van der Waals surface area contributed by atoms with Crippen molar-refractivity contribution in [2.45, 2.75) is 39.5 Å². The normalized spacial score (nSPS) is 14.8. The van der Waals surface area contributed by atoms with E-state index < -0.39 is 0 Å². The molecular formula is C13H20N2OS2. The molecule has 5 heteroatoms. The van der Waals surface area contributed by atoms with Gasteiger partial charge in [-0.25, -0.2) is 0 Å². The van der Waals surface area contributed by atoms with Gasteiger partial charge in [-0.15, -0.1) is 11.3 Å². The third kappa shape index (κ3) is 3.65. The molecule has 0 aromatic carbocycles. The van der Waals surface area contributed by atoms with Crippen LogP contribution in [0.1, 0.15) is 36.8 Å². The molecule has 1 aromatic rings. The van der Waals surface area contributed by atoms with E-state index in [1.807, 2.05) is 11.8 Å². The Morgan fingerprint density at radius 2 is 2.28 bits per heavy atom. The van der Waals surface area contributed by atoms with Crippen molar-refractivity contribution in [2.75, 3.05) is 13.1 Å². The van der Waals surface area contributed by atoms with E-state index in [0.717, 1.165) is 40.0 Å². The zero-order valence-corrected chi connectivity index (χ0v) is 12.6. The molecule has 0 spiro atoms. The first kappa shape index (κ1) is 13.7. The van der Waals surface area contributed by atoms with E-state index in [0.29, 0.717) is 6.42 Å². The zero-order chi connectivity index (χ0) is 13.1. The SMILES string of the molecule is CCCN(CC1CC1)C(=O)Cc1sc(=S)[nH]c1C. The Morgan fingerprint density at radius 1 is 1.56 bits per heavy atom. The van der Waals surface area contributed by atoms with Gasteiger partial charge in [0.25, 0.3) is 0 Å². The second-order valence-electron chi connectivity index (χ2n) is 5.02. The van der Waals surface area contributed by atoms with Crippen molar-refractivity contribution in [3.63, 3.8) is 0 Å². The van der Waals surface area contributed by atoms with Crippen LogP contribution in [-0.4, -0.2) is 28.9 Å². The van der Waals surface area contributed by atoms with Crippen molar-refractivity contribution in [3.05, 3.63) is 14.5 Å². The summed E-state index contributed by atoms with van der Waals surface area (Å²) >= 11 is 6.63. The van der Waals surface area contributed by atoms with Crippen LogP contribution in [-0.2, 0) is 11.2 Å². The van der Waals surface area contributed by atoms with Gasteiger partial charge >= 0.3 is 0 Å². The quantitative estimate of drug-likeness (QED) is 0.814. The number of thiazole rings is 1. The highest BCUT2D eigenvalue weighted by Crippen LogP contribution is 2.30. The molecule has 100 valence electrons. The van der Waals surface area contributed by atoms with Crippen molar-refractivity contribution in [3.8, 4) is 0 Å². The van der Waals surface area contributed by atoms with Crippen molar-refractivity contribution >= 4 is 29.5 Å². The van der Waals surface area contributed by atoms with Crippen LogP contribution < -0.4 is 0 Å². The maximum atomic E-state index is 12.3. The molecule has 1 heterocycles. The van der Waals surface area contributed by atoms with E-state index in [4.69, 9.17) is 12.2 Å². The fourth-order valence-corrected chi connectivity index (χ4v) is 3.34. The highest BCUT2D eigenvalue weighted by Gasteiger charge is 2.26. The lowest BCUT2D eigenvalue weighted by Gasteiger charge is -2.21. The molecule has 0 aliphatic heterocycles. The number of amides is 1. The fourth-order valence-electron chi connectivity index (χ4n) is 2.05. The molecule has 18 heavy (non-hydrogen) atoms. The topological polar surface area (TPSA) is 36.1 Å². The van der Waals surface area contributed by atoms with Crippen LogP contribution in [0.25, 0.3) is 0 Å². The maximum Gasteiger partial charge on any atom is 0.227 e. The van der Waals surface area contributed by atoms with Gasteiger partial charge in [-0.1, -0.05) is 6.92 Å². The van der Waals surface area contributed by atoms with Gasteiger partial charge in [0.2, 0.25) is 5.91 Å². The number of aryl methyl sites for hydroxylation is 1. The molecule has 0 bridgehead atoms. The van der Waals surface area contributed by atoms with E-state index in [-0.39, 0.29) is 5.91 Å². The third-order valence-corrected chi connectivity index (χ3v) is 4.59. The Morgan fingerprint density at radius 3 is 2.78 bits per heavy atom. The molecule has 0 saturated heterocycles. The molecule has 1 amide bonds. The van der Waals surface area contributed by atoms with Crippen molar-refractivity contribution < 1.29 is 4.79 Å². The molecular weight excluding hydrogens is 264 g/mol. The van der Waals surface area contributed by atoms with E-state index in [1.165, 1.54) is 24.2 Å². The summed E-state index contributed by atoms with van der Waals surface area (Å²) in [6.45, 7) is 5.93. The number of carbonyl (C=O) groups excluding carboxylic acids is 1. The largest absolute Gasteiger partial charge is 0.342 e. The summed E-state index contributed by atoms with van der Waals surface area (Å²) in [7, 11) is 0. The first-order valence-electron chi connectivity index (χ1n) is 6.56. The van der Waals surface area contributed by atoms with E-state index in [2.05, 4.69) is 11.9 Å². The second-order valence-corrected chi connectivity index (χ2v) is 6.79. The van der Waals surface area contributed by atoms with Crippen molar-refractivity contribution in [1.82, 2.24) is 9.88 Å². The molecule has 1 N–H and O–H groups in total. The highest BCUT2D eigenvalue weighted by atomic mass is 32.1. The van der Waals surface area contributed by atoms with Gasteiger partial charge in [-0.3, -0.25) is 4.79 Å². The van der Waals surface area contributed by atoms with Crippen LogP contribution in [0.15, 0.2) is 0 Å². The first-order valence-corrected chi connectivity index (χ1v) is 7.79. The number of aromatic amines is 1. The average molecular weight is 284 g/mol. The van der Waals surface area contributed by atoms with Crippen LogP contribution in [0.4, 0.5) is 0 Å².